The minimum atomic E-state index is -0.584. The van der Waals surface area contributed by atoms with Gasteiger partial charge in [0.05, 0.1) is 5.25 Å². The van der Waals surface area contributed by atoms with Gasteiger partial charge in [-0.15, -0.1) is 12.6 Å². The van der Waals surface area contributed by atoms with E-state index in [1.165, 1.54) is 0 Å². The van der Waals surface area contributed by atoms with Crippen molar-refractivity contribution in [1.82, 2.24) is 0 Å². The van der Waals surface area contributed by atoms with Crippen molar-refractivity contribution in [3.63, 3.8) is 0 Å². The van der Waals surface area contributed by atoms with Crippen LogP contribution in [0.1, 0.15) is 6.42 Å². The molecule has 0 aromatic heterocycles. The van der Waals surface area contributed by atoms with E-state index in [9.17, 15) is 4.55 Å². The van der Waals surface area contributed by atoms with Crippen LogP contribution in [0.2, 0.25) is 0 Å². The molecule has 0 unspecified atom stereocenters. The molecule has 1 nitrogen and oxygen atoms in total. The number of thiol groups is 1. The van der Waals surface area contributed by atoms with Gasteiger partial charge in [-0.1, -0.05) is 35.2 Å². The predicted octanol–water partition coefficient (Wildman–Crippen LogP) is 1.46. The van der Waals surface area contributed by atoms with Crippen LogP contribution in [-0.4, -0.2) is 24.8 Å². The van der Waals surface area contributed by atoms with Crippen molar-refractivity contribution in [1.29, 1.82) is 0 Å². The average Bonchev–Trinajstić information content (AvgIpc) is 2.13. The Morgan fingerprint density at radius 2 is 2.50 bits per heavy atom. The van der Waals surface area contributed by atoms with E-state index in [1.54, 1.807) is 11.8 Å². The van der Waals surface area contributed by atoms with Crippen LogP contribution in [0.4, 0.5) is 0 Å². The predicted molar refractivity (Wildman–Crippen MR) is 55.5 cm³/mol. The first kappa shape index (κ1) is 9.19. The Balaban J connectivity index is 2.24. The summed E-state index contributed by atoms with van der Waals surface area (Å²) in [5, 5.41) is 0.464. The van der Waals surface area contributed by atoms with Crippen LogP contribution in [0.5, 0.6) is 0 Å². The third-order valence-corrected chi connectivity index (χ3v) is 4.53. The lowest BCUT2D eigenvalue weighted by molar-refractivity contribution is 0.601. The fourth-order valence-electron chi connectivity index (χ4n) is 0.872. The largest absolute Gasteiger partial charge is 0.616 e. The van der Waals surface area contributed by atoms with Gasteiger partial charge in [0.2, 0.25) is 0 Å². The molecule has 0 amide bonds. The summed E-state index contributed by atoms with van der Waals surface area (Å²) in [5.74, 6) is 1.64. The highest BCUT2D eigenvalue weighted by Gasteiger charge is 2.26. The van der Waals surface area contributed by atoms with E-state index in [0.717, 1.165) is 17.9 Å². The standard InChI is InChI=1S/C5H8OS4/c6-10-2-1-4(3-10)9-5(7)8/h4H,1-3H2,(H,7,8)/t4-,10+/m0/s1. The molecule has 1 saturated heterocycles. The van der Waals surface area contributed by atoms with E-state index in [-0.39, 0.29) is 0 Å². The van der Waals surface area contributed by atoms with E-state index < -0.39 is 11.2 Å². The zero-order valence-corrected chi connectivity index (χ0v) is 8.62. The SMILES string of the molecule is [O-][S@+]1CC[C@H](SC(=S)S)C1. The van der Waals surface area contributed by atoms with Crippen molar-refractivity contribution in [2.24, 2.45) is 0 Å². The Labute approximate surface area is 78.9 Å². The van der Waals surface area contributed by atoms with Gasteiger partial charge in [0.1, 0.15) is 15.0 Å². The zero-order valence-electron chi connectivity index (χ0n) is 5.28. The van der Waals surface area contributed by atoms with Gasteiger partial charge in [0.25, 0.3) is 0 Å². The van der Waals surface area contributed by atoms with Gasteiger partial charge in [-0.3, -0.25) is 0 Å². The van der Waals surface area contributed by atoms with Gasteiger partial charge < -0.3 is 4.55 Å². The summed E-state index contributed by atoms with van der Waals surface area (Å²) in [5.41, 5.74) is 0. The Kier molecular flexibility index (Phi) is 3.87. The maximum Gasteiger partial charge on any atom is 0.117 e. The maximum absolute atomic E-state index is 10.9. The first-order valence-electron chi connectivity index (χ1n) is 2.93. The highest BCUT2D eigenvalue weighted by molar-refractivity contribution is 8.42. The van der Waals surface area contributed by atoms with Crippen LogP contribution in [0.15, 0.2) is 0 Å². The molecule has 2 atom stereocenters. The Hall–Kier alpha value is 1.10. The highest BCUT2D eigenvalue weighted by atomic mass is 32.2. The van der Waals surface area contributed by atoms with Crippen LogP contribution < -0.4 is 0 Å². The third-order valence-electron chi connectivity index (χ3n) is 1.31. The summed E-state index contributed by atoms with van der Waals surface area (Å²) in [6.45, 7) is 0. The van der Waals surface area contributed by atoms with Gasteiger partial charge in [-0.05, 0) is 0 Å². The fourth-order valence-corrected chi connectivity index (χ4v) is 4.42. The molecule has 0 aromatic rings. The normalized spacial score (nSPS) is 32.6. The number of hydrogen-bond donors (Lipinski definition) is 1. The van der Waals surface area contributed by atoms with Crippen molar-refractivity contribution in [2.45, 2.75) is 11.7 Å². The quantitative estimate of drug-likeness (QED) is 0.404. The average molecular weight is 212 g/mol. The molecule has 0 radical (unpaired) electrons. The molecule has 1 aliphatic heterocycles. The lowest BCUT2D eigenvalue weighted by Crippen LogP contribution is -2.06. The van der Waals surface area contributed by atoms with Crippen LogP contribution in [0.25, 0.3) is 0 Å². The number of thioether (sulfide) groups is 1. The van der Waals surface area contributed by atoms with E-state index in [1.807, 2.05) is 0 Å². The summed E-state index contributed by atoms with van der Waals surface area (Å²) in [6.07, 6.45) is 1.03. The molecule has 1 fully saturated rings. The minimum absolute atomic E-state index is 0.464. The van der Waals surface area contributed by atoms with Crippen molar-refractivity contribution >= 4 is 51.3 Å². The first-order valence-corrected chi connectivity index (χ1v) is 6.15. The molecule has 1 rings (SSSR count). The van der Waals surface area contributed by atoms with Gasteiger partial charge in [-0.25, -0.2) is 0 Å². The first-order chi connectivity index (χ1) is 4.68. The summed E-state index contributed by atoms with van der Waals surface area (Å²) >= 11 is 9.78. The van der Waals surface area contributed by atoms with E-state index in [4.69, 9.17) is 12.2 Å². The molecule has 1 heterocycles. The summed E-state index contributed by atoms with van der Waals surface area (Å²) < 4.78 is 11.5. The number of thiocarbonyl (C=S) groups is 1. The molecule has 0 aliphatic carbocycles. The van der Waals surface area contributed by atoms with Crippen LogP contribution in [-0.2, 0) is 11.2 Å². The Morgan fingerprint density at radius 3 is 2.90 bits per heavy atom. The summed E-state index contributed by atoms with van der Waals surface area (Å²) in [6, 6.07) is 0. The second kappa shape index (κ2) is 4.21. The van der Waals surface area contributed by atoms with E-state index in [0.29, 0.717) is 8.78 Å². The molecular formula is C5H8OS4. The van der Waals surface area contributed by atoms with Crippen LogP contribution in [0, 0.1) is 0 Å². The molecule has 0 spiro atoms. The van der Waals surface area contributed by atoms with Gasteiger partial charge in [0, 0.05) is 6.42 Å². The molecule has 0 saturated carbocycles. The van der Waals surface area contributed by atoms with Gasteiger partial charge >= 0.3 is 0 Å². The molecule has 0 bridgehead atoms. The molecule has 5 heteroatoms. The zero-order chi connectivity index (χ0) is 7.56. The lowest BCUT2D eigenvalue weighted by atomic mass is 10.4. The topological polar surface area (TPSA) is 23.1 Å². The number of hydrogen-bond acceptors (Lipinski definition) is 3. The second-order valence-electron chi connectivity index (χ2n) is 2.11. The maximum atomic E-state index is 10.9. The second-order valence-corrected chi connectivity index (χ2v) is 6.76. The van der Waals surface area contributed by atoms with Crippen LogP contribution in [0.3, 0.4) is 0 Å². The fraction of sp³-hybridized carbons (Fsp3) is 0.800. The molecule has 1 aliphatic rings. The molecular weight excluding hydrogens is 204 g/mol. The third kappa shape index (κ3) is 3.00. The number of rotatable bonds is 1. The molecule has 0 aromatic carbocycles. The van der Waals surface area contributed by atoms with Crippen molar-refractivity contribution < 1.29 is 4.55 Å². The summed E-state index contributed by atoms with van der Waals surface area (Å²) in [7, 11) is 0. The monoisotopic (exact) mass is 212 g/mol. The van der Waals surface area contributed by atoms with Gasteiger partial charge in [-0.2, -0.15) is 0 Å². The van der Waals surface area contributed by atoms with Crippen molar-refractivity contribution in [2.75, 3.05) is 11.5 Å². The summed E-state index contributed by atoms with van der Waals surface area (Å²) in [4.78, 5) is 0. The van der Waals surface area contributed by atoms with E-state index in [2.05, 4.69) is 12.6 Å². The molecule has 58 valence electrons. The molecule has 0 N–H and O–H groups in total. The van der Waals surface area contributed by atoms with Crippen LogP contribution >= 0.6 is 36.6 Å². The van der Waals surface area contributed by atoms with Crippen molar-refractivity contribution in [3.05, 3.63) is 0 Å². The van der Waals surface area contributed by atoms with Gasteiger partial charge in [0.15, 0.2) is 0 Å². The Morgan fingerprint density at radius 1 is 1.80 bits per heavy atom. The Bertz CT molecular complexity index is 138. The highest BCUT2D eigenvalue weighted by Crippen LogP contribution is 2.26. The van der Waals surface area contributed by atoms with Crippen molar-refractivity contribution in [3.8, 4) is 0 Å². The lowest BCUT2D eigenvalue weighted by Gasteiger charge is -2.03. The van der Waals surface area contributed by atoms with E-state index >= 15 is 0 Å². The minimum Gasteiger partial charge on any atom is -0.616 e. The molecule has 10 heavy (non-hydrogen) atoms. The smallest absolute Gasteiger partial charge is 0.117 e.